The number of hydrogen-bond acceptors (Lipinski definition) is 10. The molecule has 208 valence electrons. The molecule has 1 aliphatic rings. The minimum atomic E-state index is -1.39. The summed E-state index contributed by atoms with van der Waals surface area (Å²) in [6.07, 6.45) is -6.47. The molecule has 0 spiro atoms. The van der Waals surface area contributed by atoms with E-state index in [4.69, 9.17) is 28.4 Å². The predicted octanol–water partition coefficient (Wildman–Crippen LogP) is 3.60. The molecule has 0 bridgehead atoms. The fourth-order valence-corrected chi connectivity index (χ4v) is 4.14. The average molecular weight is 549 g/mol. The molecule has 3 aromatic rings. The Morgan fingerprint density at radius 2 is 1.07 bits per heavy atom. The summed E-state index contributed by atoms with van der Waals surface area (Å²) in [6.45, 7) is 0.772. The van der Waals surface area contributed by atoms with Gasteiger partial charge in [-0.2, -0.15) is 0 Å². The van der Waals surface area contributed by atoms with Crippen LogP contribution >= 0.6 is 0 Å². The van der Waals surface area contributed by atoms with Gasteiger partial charge in [-0.05, 0) is 36.4 Å². The second-order valence-corrected chi connectivity index (χ2v) is 8.79. The fraction of sp³-hybridized carbons (Fsp3) is 0.267. The summed E-state index contributed by atoms with van der Waals surface area (Å²) in [4.78, 5) is 51.0. The van der Waals surface area contributed by atoms with Crippen molar-refractivity contribution in [1.29, 1.82) is 0 Å². The van der Waals surface area contributed by atoms with Crippen LogP contribution in [0, 0.1) is 0 Å². The Hall–Kier alpha value is -4.54. The maximum Gasteiger partial charge on any atom is 0.338 e. The van der Waals surface area contributed by atoms with Crippen LogP contribution in [-0.2, 0) is 33.2 Å². The molecule has 2 unspecified atom stereocenters. The SMILES string of the molecule is CO[C@@H]1OC(COC(=O)c2ccccc2)[C@H](OC(=O)c2ccccc2)C(OC(=O)c2ccccc2)[C@@H]1OC(C)=O. The molecular weight excluding hydrogens is 520 g/mol. The Labute approximate surface area is 230 Å². The van der Waals surface area contributed by atoms with E-state index in [1.54, 1.807) is 91.0 Å². The molecule has 5 atom stereocenters. The molecule has 1 fully saturated rings. The van der Waals surface area contributed by atoms with Crippen molar-refractivity contribution >= 4 is 23.9 Å². The highest BCUT2D eigenvalue weighted by Gasteiger charge is 2.53. The number of benzene rings is 3. The summed E-state index contributed by atoms with van der Waals surface area (Å²) >= 11 is 0. The van der Waals surface area contributed by atoms with Gasteiger partial charge in [-0.1, -0.05) is 54.6 Å². The van der Waals surface area contributed by atoms with E-state index < -0.39 is 61.2 Å². The van der Waals surface area contributed by atoms with Gasteiger partial charge in [0.15, 0.2) is 24.6 Å². The Morgan fingerprint density at radius 1 is 0.625 bits per heavy atom. The van der Waals surface area contributed by atoms with Gasteiger partial charge < -0.3 is 28.4 Å². The van der Waals surface area contributed by atoms with Crippen molar-refractivity contribution in [3.63, 3.8) is 0 Å². The van der Waals surface area contributed by atoms with E-state index in [0.717, 1.165) is 0 Å². The van der Waals surface area contributed by atoms with Crippen LogP contribution in [0.1, 0.15) is 38.0 Å². The van der Waals surface area contributed by atoms with Crippen LogP contribution in [0.2, 0.25) is 0 Å². The van der Waals surface area contributed by atoms with Crippen molar-refractivity contribution in [3.8, 4) is 0 Å². The van der Waals surface area contributed by atoms with Crippen molar-refractivity contribution in [2.75, 3.05) is 13.7 Å². The van der Waals surface area contributed by atoms with Gasteiger partial charge in [0, 0.05) is 14.0 Å². The topological polar surface area (TPSA) is 124 Å². The summed E-state index contributed by atoms with van der Waals surface area (Å²) in [6, 6.07) is 24.5. The minimum Gasteiger partial charge on any atom is -0.459 e. The molecule has 1 aliphatic heterocycles. The van der Waals surface area contributed by atoms with E-state index >= 15 is 0 Å². The highest BCUT2D eigenvalue weighted by Crippen LogP contribution is 2.31. The molecular formula is C30H28O10. The van der Waals surface area contributed by atoms with Gasteiger partial charge in [0.2, 0.25) is 0 Å². The normalized spacial score (nSPS) is 22.0. The summed E-state index contributed by atoms with van der Waals surface area (Å²) in [5.74, 6) is -2.88. The molecule has 0 N–H and O–H groups in total. The number of methoxy groups -OCH3 is 1. The Kier molecular flexibility index (Phi) is 9.61. The Morgan fingerprint density at radius 3 is 1.52 bits per heavy atom. The van der Waals surface area contributed by atoms with Gasteiger partial charge in [-0.3, -0.25) is 4.79 Å². The molecule has 40 heavy (non-hydrogen) atoms. The molecule has 1 heterocycles. The third kappa shape index (κ3) is 7.10. The van der Waals surface area contributed by atoms with Gasteiger partial charge in [-0.15, -0.1) is 0 Å². The lowest BCUT2D eigenvalue weighted by Gasteiger charge is -2.43. The van der Waals surface area contributed by atoms with Gasteiger partial charge in [-0.25, -0.2) is 14.4 Å². The van der Waals surface area contributed by atoms with Crippen LogP contribution in [0.4, 0.5) is 0 Å². The predicted molar refractivity (Wildman–Crippen MR) is 139 cm³/mol. The van der Waals surface area contributed by atoms with Crippen LogP contribution in [0.15, 0.2) is 91.0 Å². The number of esters is 4. The molecule has 0 radical (unpaired) electrons. The zero-order valence-electron chi connectivity index (χ0n) is 21.8. The number of hydrogen-bond donors (Lipinski definition) is 0. The van der Waals surface area contributed by atoms with E-state index in [0.29, 0.717) is 5.56 Å². The lowest BCUT2D eigenvalue weighted by Crippen LogP contribution is -2.62. The molecule has 10 heteroatoms. The van der Waals surface area contributed by atoms with Crippen molar-refractivity contribution in [2.45, 2.75) is 37.6 Å². The summed E-state index contributed by atoms with van der Waals surface area (Å²) < 4.78 is 33.9. The molecule has 10 nitrogen and oxygen atoms in total. The second-order valence-electron chi connectivity index (χ2n) is 8.79. The molecule has 0 amide bonds. The number of carbonyl (C=O) groups excluding carboxylic acids is 4. The van der Waals surface area contributed by atoms with Gasteiger partial charge in [0.05, 0.1) is 16.7 Å². The molecule has 4 rings (SSSR count). The van der Waals surface area contributed by atoms with E-state index in [-0.39, 0.29) is 11.1 Å². The molecule has 0 saturated carbocycles. The average Bonchev–Trinajstić information content (AvgIpc) is 2.99. The third-order valence-corrected chi connectivity index (χ3v) is 6.02. The first kappa shape index (κ1) is 28.5. The summed E-state index contributed by atoms with van der Waals surface area (Å²) in [5, 5.41) is 0. The molecule has 3 aromatic carbocycles. The standard InChI is InChI=1S/C30H28O10/c1-19(31)37-26-25(40-29(34)22-16-10-5-11-17-22)24(39-28(33)21-14-8-4-9-15-21)23(38-30(26)35-2)18-36-27(32)20-12-6-3-7-13-20/h3-17,23-26,30H,18H2,1-2H3/t23?,24-,25?,26-,30+/m0/s1. The summed E-state index contributed by atoms with van der Waals surface area (Å²) in [5.41, 5.74) is 0.725. The first-order chi connectivity index (χ1) is 19.4. The quantitative estimate of drug-likeness (QED) is 0.289. The maximum atomic E-state index is 13.1. The zero-order chi connectivity index (χ0) is 28.5. The Bertz CT molecular complexity index is 1300. The van der Waals surface area contributed by atoms with Crippen LogP contribution < -0.4 is 0 Å². The Balaban J connectivity index is 1.67. The molecule has 0 aliphatic carbocycles. The minimum absolute atomic E-state index is 0.213. The van der Waals surface area contributed by atoms with Crippen molar-refractivity contribution in [3.05, 3.63) is 108 Å². The van der Waals surface area contributed by atoms with Gasteiger partial charge in [0.25, 0.3) is 0 Å². The van der Waals surface area contributed by atoms with Crippen molar-refractivity contribution in [2.24, 2.45) is 0 Å². The maximum absolute atomic E-state index is 13.1. The van der Waals surface area contributed by atoms with Crippen LogP contribution in [0.3, 0.4) is 0 Å². The number of ether oxygens (including phenoxy) is 6. The highest BCUT2D eigenvalue weighted by molar-refractivity contribution is 5.91. The van der Waals surface area contributed by atoms with E-state index in [1.807, 2.05) is 0 Å². The van der Waals surface area contributed by atoms with Crippen molar-refractivity contribution in [1.82, 2.24) is 0 Å². The first-order valence-electron chi connectivity index (χ1n) is 12.5. The van der Waals surface area contributed by atoms with Crippen molar-refractivity contribution < 1.29 is 47.6 Å². The van der Waals surface area contributed by atoms with E-state index in [9.17, 15) is 19.2 Å². The van der Waals surface area contributed by atoms with Gasteiger partial charge >= 0.3 is 23.9 Å². The zero-order valence-corrected chi connectivity index (χ0v) is 21.8. The lowest BCUT2D eigenvalue weighted by molar-refractivity contribution is -0.296. The summed E-state index contributed by atoms with van der Waals surface area (Å²) in [7, 11) is 1.31. The third-order valence-electron chi connectivity index (χ3n) is 6.02. The number of rotatable bonds is 9. The largest absolute Gasteiger partial charge is 0.459 e. The smallest absolute Gasteiger partial charge is 0.338 e. The van der Waals surface area contributed by atoms with Crippen LogP contribution in [-0.4, -0.2) is 68.3 Å². The monoisotopic (exact) mass is 548 g/mol. The highest BCUT2D eigenvalue weighted by atomic mass is 16.7. The second kappa shape index (κ2) is 13.5. The van der Waals surface area contributed by atoms with Crippen LogP contribution in [0.25, 0.3) is 0 Å². The van der Waals surface area contributed by atoms with E-state index in [2.05, 4.69) is 0 Å². The van der Waals surface area contributed by atoms with E-state index in [1.165, 1.54) is 14.0 Å². The first-order valence-corrected chi connectivity index (χ1v) is 12.5. The van der Waals surface area contributed by atoms with Gasteiger partial charge in [0.1, 0.15) is 12.7 Å². The lowest BCUT2D eigenvalue weighted by atomic mass is 9.97. The number of carbonyl (C=O) groups is 4. The molecule has 1 saturated heterocycles. The fourth-order valence-electron chi connectivity index (χ4n) is 4.14. The van der Waals surface area contributed by atoms with Crippen LogP contribution in [0.5, 0.6) is 0 Å². The molecule has 0 aromatic heterocycles.